The molecule has 0 aromatic heterocycles. The van der Waals surface area contributed by atoms with E-state index >= 15 is 0 Å². The zero-order chi connectivity index (χ0) is 14.8. The summed E-state index contributed by atoms with van der Waals surface area (Å²) in [5, 5.41) is 2.64. The van der Waals surface area contributed by atoms with Gasteiger partial charge in [0.2, 0.25) is 0 Å². The summed E-state index contributed by atoms with van der Waals surface area (Å²) in [6.45, 7) is 6.62. The smallest absolute Gasteiger partial charge is 0.292 e. The third kappa shape index (κ3) is 5.67. The van der Waals surface area contributed by atoms with Crippen molar-refractivity contribution in [2.45, 2.75) is 6.92 Å². The van der Waals surface area contributed by atoms with E-state index in [4.69, 9.17) is 9.47 Å². The fraction of sp³-hybridized carbons (Fsp3) is 0.333. The second-order valence-electron chi connectivity index (χ2n) is 4.10. The third-order valence-corrected chi connectivity index (χ3v) is 2.39. The molecule has 0 unspecified atom stereocenters. The highest BCUT2D eigenvalue weighted by atomic mass is 16.5. The molecule has 0 heterocycles. The van der Waals surface area contributed by atoms with Crippen molar-refractivity contribution >= 4 is 11.9 Å². The van der Waals surface area contributed by atoms with E-state index in [9.17, 15) is 4.79 Å². The lowest BCUT2D eigenvalue weighted by Gasteiger charge is -2.10. The highest BCUT2D eigenvalue weighted by Gasteiger charge is 2.09. The summed E-state index contributed by atoms with van der Waals surface area (Å²) < 4.78 is 10.2. The molecule has 0 aliphatic heterocycles. The van der Waals surface area contributed by atoms with Crippen molar-refractivity contribution in [3.05, 3.63) is 48.0 Å². The summed E-state index contributed by atoms with van der Waals surface area (Å²) in [5.74, 6) is -0.256. The van der Waals surface area contributed by atoms with Crippen molar-refractivity contribution in [1.82, 2.24) is 5.32 Å². The Kier molecular flexibility index (Phi) is 7.06. The Labute approximate surface area is 119 Å². The molecule has 0 aliphatic rings. The zero-order valence-electron chi connectivity index (χ0n) is 11.9. The van der Waals surface area contributed by atoms with Gasteiger partial charge in [0.05, 0.1) is 13.2 Å². The topological polar surface area (TPSA) is 59.9 Å². The van der Waals surface area contributed by atoms with Crippen molar-refractivity contribution in [3.8, 4) is 0 Å². The number of nitrogens with zero attached hydrogens (tertiary/aromatic N) is 1. The van der Waals surface area contributed by atoms with Gasteiger partial charge in [-0.15, -0.1) is 6.58 Å². The van der Waals surface area contributed by atoms with Gasteiger partial charge in [-0.3, -0.25) is 10.1 Å². The Morgan fingerprint density at radius 1 is 1.45 bits per heavy atom. The van der Waals surface area contributed by atoms with Crippen LogP contribution in [0.1, 0.15) is 15.9 Å². The maximum atomic E-state index is 12.1. The molecule has 1 aromatic rings. The summed E-state index contributed by atoms with van der Waals surface area (Å²) in [6, 6.07) is 7.47. The summed E-state index contributed by atoms with van der Waals surface area (Å²) in [7, 11) is 1.58. The maximum Gasteiger partial charge on any atom is 0.292 e. The molecule has 1 rings (SSSR count). The molecule has 0 saturated heterocycles. The van der Waals surface area contributed by atoms with Crippen LogP contribution in [0.25, 0.3) is 0 Å². The molecule has 1 amide bonds. The molecule has 0 spiro atoms. The Bertz CT molecular complexity index is 484. The molecule has 108 valence electrons. The number of rotatable bonds is 6. The van der Waals surface area contributed by atoms with E-state index in [1.807, 2.05) is 19.1 Å². The summed E-state index contributed by atoms with van der Waals surface area (Å²) >= 11 is 0. The average molecular weight is 276 g/mol. The molecule has 0 saturated carbocycles. The molecule has 0 radical (unpaired) electrons. The van der Waals surface area contributed by atoms with Crippen molar-refractivity contribution in [2.24, 2.45) is 4.99 Å². The highest BCUT2D eigenvalue weighted by molar-refractivity contribution is 6.04. The summed E-state index contributed by atoms with van der Waals surface area (Å²) in [5.41, 5.74) is 1.58. The number of carbonyl (C=O) groups excluding carboxylic acids is 1. The fourth-order valence-corrected chi connectivity index (χ4v) is 1.45. The first-order valence-corrected chi connectivity index (χ1v) is 6.32. The number of amidine groups is 1. The van der Waals surface area contributed by atoms with Crippen LogP contribution in [0.3, 0.4) is 0 Å². The van der Waals surface area contributed by atoms with Gasteiger partial charge in [-0.2, -0.15) is 0 Å². The number of ether oxygens (including phenoxy) is 2. The van der Waals surface area contributed by atoms with Crippen LogP contribution in [0.2, 0.25) is 0 Å². The van der Waals surface area contributed by atoms with Gasteiger partial charge >= 0.3 is 0 Å². The number of amides is 1. The number of hydrogen-bond donors (Lipinski definition) is 1. The van der Waals surface area contributed by atoms with Crippen LogP contribution in [-0.2, 0) is 9.47 Å². The Morgan fingerprint density at radius 2 is 2.25 bits per heavy atom. The van der Waals surface area contributed by atoms with Crippen LogP contribution in [0.4, 0.5) is 0 Å². The highest BCUT2D eigenvalue weighted by Crippen LogP contribution is 2.03. The van der Waals surface area contributed by atoms with Gasteiger partial charge in [0.25, 0.3) is 11.9 Å². The summed E-state index contributed by atoms with van der Waals surface area (Å²) in [6.07, 6.45) is 1.62. The van der Waals surface area contributed by atoms with Gasteiger partial charge in [-0.1, -0.05) is 23.8 Å². The molecule has 5 nitrogen and oxygen atoms in total. The molecule has 5 heteroatoms. The van der Waals surface area contributed by atoms with Crippen molar-refractivity contribution in [2.75, 3.05) is 26.9 Å². The van der Waals surface area contributed by atoms with Crippen LogP contribution >= 0.6 is 0 Å². The van der Waals surface area contributed by atoms with Gasteiger partial charge in [-0.05, 0) is 19.1 Å². The minimum atomic E-state index is -0.256. The van der Waals surface area contributed by atoms with Crippen LogP contribution in [0, 0.1) is 6.92 Å². The zero-order valence-corrected chi connectivity index (χ0v) is 11.9. The molecule has 20 heavy (non-hydrogen) atoms. The van der Waals surface area contributed by atoms with Crippen molar-refractivity contribution in [3.63, 3.8) is 0 Å². The molecule has 1 aromatic carbocycles. The van der Waals surface area contributed by atoms with Gasteiger partial charge < -0.3 is 9.47 Å². The predicted octanol–water partition coefficient (Wildman–Crippen LogP) is 1.93. The average Bonchev–Trinajstić information content (AvgIpc) is 2.44. The quantitative estimate of drug-likeness (QED) is 0.374. The van der Waals surface area contributed by atoms with Gasteiger partial charge in [0.1, 0.15) is 6.61 Å². The largest absolute Gasteiger partial charge is 0.463 e. The SMILES string of the molecule is C=CCN=C(NC(=O)c1cccc(C)c1)OCCOC. The Morgan fingerprint density at radius 3 is 2.90 bits per heavy atom. The first-order chi connectivity index (χ1) is 9.67. The van der Waals surface area contributed by atoms with E-state index in [1.54, 1.807) is 25.3 Å². The first-order valence-electron chi connectivity index (χ1n) is 6.32. The van der Waals surface area contributed by atoms with E-state index in [0.717, 1.165) is 5.56 Å². The number of hydrogen-bond acceptors (Lipinski definition) is 4. The third-order valence-electron chi connectivity index (χ3n) is 2.39. The number of nitrogens with one attached hydrogen (secondary N) is 1. The standard InChI is InChI=1S/C15H20N2O3/c1-4-8-16-15(20-10-9-19-3)17-14(18)13-7-5-6-12(2)11-13/h4-7,11H,1,8-10H2,2-3H3,(H,16,17,18). The number of benzene rings is 1. The molecule has 0 aliphatic carbocycles. The van der Waals surface area contributed by atoms with E-state index in [-0.39, 0.29) is 11.9 Å². The number of aliphatic imine (C=N–C) groups is 1. The van der Waals surface area contributed by atoms with Gasteiger partial charge in [0, 0.05) is 12.7 Å². The van der Waals surface area contributed by atoms with Gasteiger partial charge in [0.15, 0.2) is 0 Å². The van der Waals surface area contributed by atoms with Gasteiger partial charge in [-0.25, -0.2) is 4.99 Å². The number of carbonyl (C=O) groups is 1. The second-order valence-corrected chi connectivity index (χ2v) is 4.10. The molecule has 1 N–H and O–H groups in total. The van der Waals surface area contributed by atoms with E-state index in [1.165, 1.54) is 0 Å². The molecular formula is C15H20N2O3. The fourth-order valence-electron chi connectivity index (χ4n) is 1.45. The van der Waals surface area contributed by atoms with E-state index < -0.39 is 0 Å². The molecule has 0 fully saturated rings. The molecule has 0 bridgehead atoms. The molecular weight excluding hydrogens is 256 g/mol. The van der Waals surface area contributed by atoms with Crippen LogP contribution in [0.5, 0.6) is 0 Å². The predicted molar refractivity (Wildman–Crippen MR) is 79.0 cm³/mol. The van der Waals surface area contributed by atoms with Crippen LogP contribution in [0.15, 0.2) is 41.9 Å². The van der Waals surface area contributed by atoms with Crippen LogP contribution < -0.4 is 5.32 Å². The first kappa shape index (κ1) is 15.9. The minimum Gasteiger partial charge on any atom is -0.463 e. The van der Waals surface area contributed by atoms with Crippen LogP contribution in [-0.4, -0.2) is 38.8 Å². The van der Waals surface area contributed by atoms with E-state index in [0.29, 0.717) is 25.3 Å². The lowest BCUT2D eigenvalue weighted by atomic mass is 10.1. The Hall–Kier alpha value is -2.14. The van der Waals surface area contributed by atoms with Crippen molar-refractivity contribution < 1.29 is 14.3 Å². The Balaban J connectivity index is 2.68. The second kappa shape index (κ2) is 8.87. The molecule has 0 atom stereocenters. The number of aryl methyl sites for hydroxylation is 1. The lowest BCUT2D eigenvalue weighted by molar-refractivity contribution is 0.0954. The normalized spacial score (nSPS) is 11.0. The summed E-state index contributed by atoms with van der Waals surface area (Å²) in [4.78, 5) is 16.2. The number of methoxy groups -OCH3 is 1. The van der Waals surface area contributed by atoms with E-state index in [2.05, 4.69) is 16.9 Å². The maximum absolute atomic E-state index is 12.1. The monoisotopic (exact) mass is 276 g/mol. The van der Waals surface area contributed by atoms with Crippen molar-refractivity contribution in [1.29, 1.82) is 0 Å². The minimum absolute atomic E-state index is 0.174. The lowest BCUT2D eigenvalue weighted by Crippen LogP contribution is -2.33.